The number of carbonyl (C=O) groups is 1. The van der Waals surface area contributed by atoms with E-state index in [-0.39, 0.29) is 11.5 Å². The van der Waals surface area contributed by atoms with Crippen molar-refractivity contribution in [1.82, 2.24) is 19.8 Å². The number of Topliss-reactive ketones (excluding diaryl/α,β-unsaturated/α-hetero) is 1. The summed E-state index contributed by atoms with van der Waals surface area (Å²) in [6, 6.07) is 11.5. The fraction of sp³-hybridized carbons (Fsp3) is 0.333. The molecule has 0 bridgehead atoms. The number of hydrogen-bond donors (Lipinski definition) is 1. The van der Waals surface area contributed by atoms with Gasteiger partial charge in [-0.05, 0) is 59.1 Å². The standard InChI is InChI=1S/C18H20N6O2S/c1-14(25)15-4-6-16(7-5-15)22-10-8-21(9-11-22)13-23-18(26)24(20-19-23)17-3-2-12-27-17/h2-7,12H,8-11,13H2,1H3/p+1. The maximum Gasteiger partial charge on any atom is 0.374 e. The van der Waals surface area contributed by atoms with Crippen LogP contribution in [0, 0.1) is 0 Å². The van der Waals surface area contributed by atoms with Gasteiger partial charge in [0.1, 0.15) is 5.00 Å². The monoisotopic (exact) mass is 385 g/mol. The number of tetrazole rings is 1. The van der Waals surface area contributed by atoms with Crippen LogP contribution in [0.3, 0.4) is 0 Å². The number of rotatable bonds is 5. The number of piperazine rings is 1. The summed E-state index contributed by atoms with van der Waals surface area (Å²) in [6.07, 6.45) is 0. The number of nitrogens with zero attached hydrogens (tertiary/aromatic N) is 5. The van der Waals surface area contributed by atoms with Crippen LogP contribution in [0.15, 0.2) is 46.6 Å². The number of benzene rings is 1. The van der Waals surface area contributed by atoms with Gasteiger partial charge in [0.05, 0.1) is 26.2 Å². The van der Waals surface area contributed by atoms with E-state index in [0.29, 0.717) is 6.67 Å². The lowest BCUT2D eigenvalue weighted by Gasteiger charge is -2.33. The summed E-state index contributed by atoms with van der Waals surface area (Å²) in [5.74, 6) is 0.0804. The topological polar surface area (TPSA) is 77.5 Å². The highest BCUT2D eigenvalue weighted by Gasteiger charge is 2.22. The third-order valence-electron chi connectivity index (χ3n) is 4.84. The van der Waals surface area contributed by atoms with E-state index in [1.807, 2.05) is 41.8 Å². The Morgan fingerprint density at radius 3 is 2.52 bits per heavy atom. The predicted molar refractivity (Wildman–Crippen MR) is 103 cm³/mol. The van der Waals surface area contributed by atoms with Gasteiger partial charge in [-0.3, -0.25) is 4.79 Å². The molecule has 1 aromatic carbocycles. The van der Waals surface area contributed by atoms with Crippen LogP contribution in [0.4, 0.5) is 5.69 Å². The van der Waals surface area contributed by atoms with Crippen molar-refractivity contribution in [3.63, 3.8) is 0 Å². The van der Waals surface area contributed by atoms with E-state index in [0.717, 1.165) is 42.4 Å². The maximum atomic E-state index is 12.5. The van der Waals surface area contributed by atoms with Crippen LogP contribution >= 0.6 is 11.3 Å². The highest BCUT2D eigenvalue weighted by Crippen LogP contribution is 2.15. The maximum absolute atomic E-state index is 12.5. The van der Waals surface area contributed by atoms with E-state index < -0.39 is 0 Å². The highest BCUT2D eigenvalue weighted by atomic mass is 32.1. The molecule has 0 atom stereocenters. The second kappa shape index (κ2) is 7.45. The zero-order valence-corrected chi connectivity index (χ0v) is 15.9. The Bertz CT molecular complexity index is 968. The third kappa shape index (κ3) is 3.69. The Morgan fingerprint density at radius 2 is 1.89 bits per heavy atom. The molecule has 1 aliphatic heterocycles. The van der Waals surface area contributed by atoms with Crippen molar-refractivity contribution in [1.29, 1.82) is 0 Å². The average Bonchev–Trinajstić information content (AvgIpc) is 3.33. The minimum Gasteiger partial charge on any atom is -0.360 e. The van der Waals surface area contributed by atoms with Gasteiger partial charge >= 0.3 is 5.69 Å². The Kier molecular flexibility index (Phi) is 4.87. The molecule has 0 amide bonds. The Balaban J connectivity index is 1.37. The fourth-order valence-corrected chi connectivity index (χ4v) is 3.93. The quantitative estimate of drug-likeness (QED) is 0.629. The van der Waals surface area contributed by atoms with E-state index in [9.17, 15) is 9.59 Å². The molecule has 9 heteroatoms. The van der Waals surface area contributed by atoms with Gasteiger partial charge in [-0.1, -0.05) is 0 Å². The first-order valence-electron chi connectivity index (χ1n) is 8.88. The SMILES string of the molecule is CC(=O)c1ccc(N2CC[NH+](Cn3nnn(-c4cccs4)c3=O)CC2)cc1. The smallest absolute Gasteiger partial charge is 0.360 e. The zero-order valence-electron chi connectivity index (χ0n) is 15.0. The van der Waals surface area contributed by atoms with Crippen LogP contribution in [-0.2, 0) is 6.67 Å². The second-order valence-corrected chi connectivity index (χ2v) is 7.55. The number of ketones is 1. The molecule has 1 aliphatic rings. The van der Waals surface area contributed by atoms with Gasteiger partial charge in [0.15, 0.2) is 12.5 Å². The Morgan fingerprint density at radius 1 is 1.15 bits per heavy atom. The van der Waals surface area contributed by atoms with Crippen LogP contribution in [0.25, 0.3) is 5.00 Å². The zero-order chi connectivity index (χ0) is 18.8. The lowest BCUT2D eigenvalue weighted by atomic mass is 10.1. The summed E-state index contributed by atoms with van der Waals surface area (Å²) >= 11 is 1.46. The van der Waals surface area contributed by atoms with Crippen molar-refractivity contribution in [3.8, 4) is 5.00 Å². The molecule has 1 fully saturated rings. The van der Waals surface area contributed by atoms with Crippen LogP contribution in [0.5, 0.6) is 0 Å². The molecule has 1 saturated heterocycles. The summed E-state index contributed by atoms with van der Waals surface area (Å²) in [4.78, 5) is 27.5. The Hall–Kier alpha value is -2.78. The molecule has 3 heterocycles. The molecule has 8 nitrogen and oxygen atoms in total. The van der Waals surface area contributed by atoms with Crippen molar-refractivity contribution in [2.45, 2.75) is 13.6 Å². The van der Waals surface area contributed by atoms with Gasteiger partial charge in [0.25, 0.3) is 0 Å². The van der Waals surface area contributed by atoms with E-state index in [2.05, 4.69) is 15.3 Å². The molecule has 0 radical (unpaired) electrons. The van der Waals surface area contributed by atoms with Crippen molar-refractivity contribution < 1.29 is 9.69 Å². The minimum atomic E-state index is -0.202. The fourth-order valence-electron chi connectivity index (χ4n) is 3.26. The Labute approximate surface area is 160 Å². The lowest BCUT2D eigenvalue weighted by Crippen LogP contribution is -3.14. The van der Waals surface area contributed by atoms with Crippen LogP contribution in [0.2, 0.25) is 0 Å². The third-order valence-corrected chi connectivity index (χ3v) is 5.68. The molecule has 27 heavy (non-hydrogen) atoms. The molecular formula is C18H21N6O2S+. The molecular weight excluding hydrogens is 364 g/mol. The van der Waals surface area contributed by atoms with E-state index >= 15 is 0 Å². The van der Waals surface area contributed by atoms with E-state index in [1.165, 1.54) is 25.6 Å². The van der Waals surface area contributed by atoms with Crippen molar-refractivity contribution >= 4 is 22.8 Å². The van der Waals surface area contributed by atoms with Gasteiger partial charge < -0.3 is 9.80 Å². The summed E-state index contributed by atoms with van der Waals surface area (Å²) in [7, 11) is 0. The van der Waals surface area contributed by atoms with Crippen molar-refractivity contribution in [2.24, 2.45) is 0 Å². The number of quaternary nitrogens is 1. The molecule has 1 N–H and O–H groups in total. The number of hydrogen-bond acceptors (Lipinski definition) is 6. The largest absolute Gasteiger partial charge is 0.374 e. The van der Waals surface area contributed by atoms with Gasteiger partial charge in [0.2, 0.25) is 0 Å². The number of carbonyl (C=O) groups excluding carboxylic acids is 1. The first-order valence-corrected chi connectivity index (χ1v) is 9.76. The number of aromatic nitrogens is 4. The minimum absolute atomic E-state index is 0.0804. The van der Waals surface area contributed by atoms with Crippen LogP contribution < -0.4 is 15.5 Å². The average molecular weight is 385 g/mol. The summed E-state index contributed by atoms with van der Waals surface area (Å²) in [5.41, 5.74) is 1.66. The first kappa shape index (κ1) is 17.6. The van der Waals surface area contributed by atoms with Gasteiger partial charge in [-0.2, -0.15) is 0 Å². The van der Waals surface area contributed by atoms with Crippen LogP contribution in [-0.4, -0.2) is 51.8 Å². The number of anilines is 1. The van der Waals surface area contributed by atoms with Crippen molar-refractivity contribution in [2.75, 3.05) is 31.1 Å². The highest BCUT2D eigenvalue weighted by molar-refractivity contribution is 7.12. The predicted octanol–water partition coefficient (Wildman–Crippen LogP) is 0.0557. The van der Waals surface area contributed by atoms with Crippen molar-refractivity contribution in [3.05, 3.63) is 57.8 Å². The summed E-state index contributed by atoms with van der Waals surface area (Å²) in [5, 5.41) is 10.7. The molecule has 2 aromatic heterocycles. The molecule has 0 spiro atoms. The summed E-state index contributed by atoms with van der Waals surface area (Å²) < 4.78 is 2.78. The van der Waals surface area contributed by atoms with Crippen LogP contribution in [0.1, 0.15) is 17.3 Å². The second-order valence-electron chi connectivity index (χ2n) is 6.62. The normalized spacial score (nSPS) is 15.2. The lowest BCUT2D eigenvalue weighted by molar-refractivity contribution is -0.924. The number of thiophene rings is 1. The van der Waals surface area contributed by atoms with E-state index in [1.54, 1.807) is 6.92 Å². The molecule has 3 aromatic rings. The molecule has 140 valence electrons. The molecule has 4 rings (SSSR count). The molecule has 0 unspecified atom stereocenters. The summed E-state index contributed by atoms with van der Waals surface area (Å²) in [6.45, 7) is 5.69. The first-order chi connectivity index (χ1) is 13.1. The van der Waals surface area contributed by atoms with Gasteiger partial charge in [0, 0.05) is 11.3 Å². The van der Waals surface area contributed by atoms with E-state index in [4.69, 9.17) is 0 Å². The molecule has 0 saturated carbocycles. The van der Waals surface area contributed by atoms with Gasteiger partial charge in [-0.25, -0.2) is 4.79 Å². The van der Waals surface area contributed by atoms with Gasteiger partial charge in [-0.15, -0.1) is 20.7 Å². The molecule has 0 aliphatic carbocycles. The number of nitrogens with one attached hydrogen (secondary N) is 1.